The maximum absolute atomic E-state index is 14.3. The van der Waals surface area contributed by atoms with Crippen LogP contribution in [0.3, 0.4) is 0 Å². The molecule has 1 atom stereocenters. The SMILES string of the molecule is C=C/C=C(\C=C)[C@@H](C)CC(=O)Nn1c(N2CCCC2)nc2cc(F)cc(F)c2c1=O. The van der Waals surface area contributed by atoms with Gasteiger partial charge in [0, 0.05) is 31.6 Å². The summed E-state index contributed by atoms with van der Waals surface area (Å²) in [4.78, 5) is 31.8. The summed E-state index contributed by atoms with van der Waals surface area (Å²) in [5, 5.41) is -0.369. The Bertz CT molecular complexity index is 1080. The zero-order valence-corrected chi connectivity index (χ0v) is 16.8. The molecule has 0 unspecified atom stereocenters. The number of rotatable bonds is 7. The van der Waals surface area contributed by atoms with Gasteiger partial charge >= 0.3 is 0 Å². The van der Waals surface area contributed by atoms with Crippen LogP contribution in [0.25, 0.3) is 10.9 Å². The van der Waals surface area contributed by atoms with Gasteiger partial charge in [0.05, 0.1) is 5.52 Å². The van der Waals surface area contributed by atoms with Crippen molar-refractivity contribution in [1.82, 2.24) is 9.66 Å². The average molecular weight is 414 g/mol. The van der Waals surface area contributed by atoms with Crippen LogP contribution in [-0.4, -0.2) is 28.7 Å². The van der Waals surface area contributed by atoms with Crippen LogP contribution in [0.1, 0.15) is 26.2 Å². The first kappa shape index (κ1) is 21.4. The van der Waals surface area contributed by atoms with E-state index in [2.05, 4.69) is 23.6 Å². The Labute approximate surface area is 173 Å². The maximum Gasteiger partial charge on any atom is 0.284 e. The van der Waals surface area contributed by atoms with E-state index in [0.717, 1.165) is 29.2 Å². The summed E-state index contributed by atoms with van der Waals surface area (Å²) in [7, 11) is 0. The van der Waals surface area contributed by atoms with Crippen molar-refractivity contribution in [2.24, 2.45) is 5.92 Å². The summed E-state index contributed by atoms with van der Waals surface area (Å²) in [6, 6.07) is 1.65. The molecule has 0 radical (unpaired) electrons. The van der Waals surface area contributed by atoms with Gasteiger partial charge in [-0.15, -0.1) is 0 Å². The van der Waals surface area contributed by atoms with Crippen LogP contribution in [0.5, 0.6) is 0 Å². The van der Waals surface area contributed by atoms with Crippen LogP contribution < -0.4 is 15.9 Å². The molecule has 2 heterocycles. The molecule has 1 N–H and O–H groups in total. The van der Waals surface area contributed by atoms with E-state index in [1.165, 1.54) is 0 Å². The van der Waals surface area contributed by atoms with Crippen molar-refractivity contribution >= 4 is 22.8 Å². The Kier molecular flexibility index (Phi) is 6.44. The van der Waals surface area contributed by atoms with Crippen LogP contribution in [0.4, 0.5) is 14.7 Å². The molecule has 1 fully saturated rings. The molecule has 1 aromatic heterocycles. The number of benzene rings is 1. The Hall–Kier alpha value is -3.29. The Balaban J connectivity index is 2.02. The van der Waals surface area contributed by atoms with Crippen LogP contribution in [0, 0.1) is 17.6 Å². The van der Waals surface area contributed by atoms with E-state index in [1.807, 2.05) is 11.8 Å². The van der Waals surface area contributed by atoms with E-state index >= 15 is 0 Å². The lowest BCUT2D eigenvalue weighted by Gasteiger charge is -2.22. The van der Waals surface area contributed by atoms with Gasteiger partial charge in [0.1, 0.15) is 17.0 Å². The summed E-state index contributed by atoms with van der Waals surface area (Å²) >= 11 is 0. The molecule has 158 valence electrons. The summed E-state index contributed by atoms with van der Waals surface area (Å²) in [6.45, 7) is 10.5. The predicted molar refractivity (Wildman–Crippen MR) is 114 cm³/mol. The Morgan fingerprint density at radius 2 is 2.00 bits per heavy atom. The van der Waals surface area contributed by atoms with E-state index in [9.17, 15) is 18.4 Å². The number of anilines is 1. The van der Waals surface area contributed by atoms with Crippen LogP contribution in [0.15, 0.2) is 53.9 Å². The number of hydrogen-bond acceptors (Lipinski definition) is 4. The third-order valence-corrected chi connectivity index (χ3v) is 5.10. The number of allylic oxidation sites excluding steroid dienone is 4. The molecule has 3 rings (SSSR count). The second-order valence-corrected chi connectivity index (χ2v) is 7.27. The van der Waals surface area contributed by atoms with Gasteiger partial charge in [-0.25, -0.2) is 13.8 Å². The summed E-state index contributed by atoms with van der Waals surface area (Å²) in [5.74, 6) is -2.28. The standard InChI is InChI=1S/C22H24F2N4O2/c1-4-8-15(5-2)14(3)11-19(29)26-28-21(30)20-17(24)12-16(23)13-18(20)25-22(28)27-9-6-7-10-27/h4-5,8,12-14H,1-2,6-7,9-11H2,3H3,(H,26,29)/b15-8+/t14-/m0/s1. The van der Waals surface area contributed by atoms with E-state index in [-0.39, 0.29) is 29.2 Å². The molecule has 6 nitrogen and oxygen atoms in total. The molecule has 0 aliphatic carbocycles. The lowest BCUT2D eigenvalue weighted by molar-refractivity contribution is -0.117. The van der Waals surface area contributed by atoms with E-state index in [0.29, 0.717) is 19.2 Å². The van der Waals surface area contributed by atoms with Crippen LogP contribution >= 0.6 is 0 Å². The topological polar surface area (TPSA) is 67.2 Å². The third-order valence-electron chi connectivity index (χ3n) is 5.10. The van der Waals surface area contributed by atoms with Crippen molar-refractivity contribution in [3.8, 4) is 0 Å². The second-order valence-electron chi connectivity index (χ2n) is 7.27. The number of fused-ring (bicyclic) bond motifs is 1. The molecular formula is C22H24F2N4O2. The van der Waals surface area contributed by atoms with Crippen molar-refractivity contribution in [3.05, 3.63) is 71.1 Å². The van der Waals surface area contributed by atoms with Crippen molar-refractivity contribution in [2.75, 3.05) is 23.4 Å². The minimum absolute atomic E-state index is 0.0709. The van der Waals surface area contributed by atoms with Gasteiger partial charge in [0.2, 0.25) is 11.9 Å². The van der Waals surface area contributed by atoms with E-state index in [4.69, 9.17) is 0 Å². The maximum atomic E-state index is 14.3. The van der Waals surface area contributed by atoms with Crippen LogP contribution in [-0.2, 0) is 4.79 Å². The molecule has 1 saturated heterocycles. The number of aromatic nitrogens is 2. The highest BCUT2D eigenvalue weighted by Gasteiger charge is 2.23. The second kappa shape index (κ2) is 9.02. The average Bonchev–Trinajstić information content (AvgIpc) is 3.21. The Morgan fingerprint density at radius 3 is 2.63 bits per heavy atom. The molecule has 0 saturated carbocycles. The molecule has 0 bridgehead atoms. The first-order chi connectivity index (χ1) is 14.3. The fourth-order valence-electron chi connectivity index (χ4n) is 3.59. The van der Waals surface area contributed by atoms with Gasteiger partial charge < -0.3 is 4.90 Å². The molecule has 8 heteroatoms. The minimum atomic E-state index is -1.02. The summed E-state index contributed by atoms with van der Waals surface area (Å²) in [5.41, 5.74) is 2.51. The Morgan fingerprint density at radius 1 is 1.30 bits per heavy atom. The normalized spacial score (nSPS) is 15.3. The van der Waals surface area contributed by atoms with Gasteiger partial charge in [-0.3, -0.25) is 15.0 Å². The van der Waals surface area contributed by atoms with Gasteiger partial charge in [0.25, 0.3) is 5.56 Å². The minimum Gasteiger partial charge on any atom is -0.341 e. The highest BCUT2D eigenvalue weighted by molar-refractivity contribution is 5.86. The lowest BCUT2D eigenvalue weighted by atomic mass is 9.97. The number of halogens is 2. The monoisotopic (exact) mass is 414 g/mol. The van der Waals surface area contributed by atoms with Crippen molar-refractivity contribution in [3.63, 3.8) is 0 Å². The first-order valence-corrected chi connectivity index (χ1v) is 9.77. The zero-order valence-electron chi connectivity index (χ0n) is 16.8. The highest BCUT2D eigenvalue weighted by atomic mass is 19.1. The number of amides is 1. The molecule has 0 spiro atoms. The number of nitrogens with zero attached hydrogens (tertiary/aromatic N) is 3. The number of hydrogen-bond donors (Lipinski definition) is 1. The molecule has 1 aliphatic heterocycles. The lowest BCUT2D eigenvalue weighted by Crippen LogP contribution is -2.39. The van der Waals surface area contributed by atoms with Crippen molar-refractivity contribution < 1.29 is 13.6 Å². The van der Waals surface area contributed by atoms with Gasteiger partial charge in [0.15, 0.2) is 0 Å². The third kappa shape index (κ3) is 4.32. The predicted octanol–water partition coefficient (Wildman–Crippen LogP) is 3.67. The molecule has 1 aliphatic rings. The number of carbonyl (C=O) groups is 1. The zero-order chi connectivity index (χ0) is 21.8. The quantitative estimate of drug-likeness (QED) is 0.702. The largest absolute Gasteiger partial charge is 0.341 e. The van der Waals surface area contributed by atoms with Crippen molar-refractivity contribution in [1.29, 1.82) is 0 Å². The molecule has 1 aromatic carbocycles. The molecule has 2 aromatic rings. The fraction of sp³-hybridized carbons (Fsp3) is 0.318. The van der Waals surface area contributed by atoms with Gasteiger partial charge in [-0.05, 0) is 24.3 Å². The van der Waals surface area contributed by atoms with E-state index in [1.54, 1.807) is 18.2 Å². The smallest absolute Gasteiger partial charge is 0.284 e. The number of carbonyl (C=O) groups excluding carboxylic acids is 1. The number of nitrogens with one attached hydrogen (secondary N) is 1. The molecular weight excluding hydrogens is 390 g/mol. The van der Waals surface area contributed by atoms with Gasteiger partial charge in [-0.1, -0.05) is 38.3 Å². The first-order valence-electron chi connectivity index (χ1n) is 9.77. The molecule has 30 heavy (non-hydrogen) atoms. The molecule has 1 amide bonds. The van der Waals surface area contributed by atoms with Gasteiger partial charge in [-0.2, -0.15) is 4.68 Å². The summed E-state index contributed by atoms with van der Waals surface area (Å²) < 4.78 is 29.0. The highest BCUT2D eigenvalue weighted by Crippen LogP contribution is 2.22. The van der Waals surface area contributed by atoms with E-state index < -0.39 is 23.1 Å². The summed E-state index contributed by atoms with van der Waals surface area (Å²) in [6.07, 6.45) is 6.87. The van der Waals surface area contributed by atoms with Crippen LogP contribution in [0.2, 0.25) is 0 Å². The fourth-order valence-corrected chi connectivity index (χ4v) is 3.59. The van der Waals surface area contributed by atoms with Crippen molar-refractivity contribution in [2.45, 2.75) is 26.2 Å².